The van der Waals surface area contributed by atoms with Gasteiger partial charge in [0.25, 0.3) is 0 Å². The van der Waals surface area contributed by atoms with Crippen molar-refractivity contribution in [2.75, 3.05) is 20.2 Å². The van der Waals surface area contributed by atoms with Crippen LogP contribution in [0.3, 0.4) is 0 Å². The number of rotatable bonds is 10. The van der Waals surface area contributed by atoms with Crippen LogP contribution in [0.2, 0.25) is 0 Å². The van der Waals surface area contributed by atoms with Crippen molar-refractivity contribution >= 4 is 16.0 Å². The smallest absolute Gasteiger partial charge is 0.241 e. The van der Waals surface area contributed by atoms with E-state index in [0.717, 1.165) is 6.42 Å². The number of sulfonamides is 1. The summed E-state index contributed by atoms with van der Waals surface area (Å²) in [6.07, 6.45) is 1.06. The van der Waals surface area contributed by atoms with Crippen molar-refractivity contribution < 1.29 is 13.2 Å². The molecule has 7 nitrogen and oxygen atoms in total. The van der Waals surface area contributed by atoms with Gasteiger partial charge < -0.3 is 15.4 Å². The molecule has 0 fully saturated rings. The highest BCUT2D eigenvalue weighted by molar-refractivity contribution is 7.89. The fourth-order valence-corrected chi connectivity index (χ4v) is 4.58. The third-order valence-electron chi connectivity index (χ3n) is 4.22. The summed E-state index contributed by atoms with van der Waals surface area (Å²) >= 11 is 0. The molecule has 0 amide bonds. The molecule has 3 N–H and O–H groups in total. The van der Waals surface area contributed by atoms with Gasteiger partial charge in [-0.25, -0.2) is 13.1 Å². The van der Waals surface area contributed by atoms with Gasteiger partial charge in [-0.3, -0.25) is 4.99 Å². The number of aliphatic imine (C=N–C) groups is 1. The Morgan fingerprint density at radius 1 is 1.17 bits per heavy atom. The van der Waals surface area contributed by atoms with Gasteiger partial charge in [-0.2, -0.15) is 0 Å². The SMILES string of the molecule is CCOC(CCNC(=NC)NCc1ccccc1S(=O)(=O)NC(C)(C)C)C(C)C. The maximum Gasteiger partial charge on any atom is 0.241 e. The molecule has 0 aliphatic carbocycles. The maximum atomic E-state index is 12.8. The first kappa shape index (κ1) is 25.4. The Morgan fingerprint density at radius 3 is 2.38 bits per heavy atom. The van der Waals surface area contributed by atoms with E-state index < -0.39 is 15.6 Å². The zero-order valence-corrected chi connectivity index (χ0v) is 19.7. The summed E-state index contributed by atoms with van der Waals surface area (Å²) in [6, 6.07) is 6.99. The van der Waals surface area contributed by atoms with E-state index in [9.17, 15) is 8.42 Å². The molecule has 1 atom stereocenters. The Labute approximate surface area is 176 Å². The molecule has 0 radical (unpaired) electrons. The number of hydrogen-bond donors (Lipinski definition) is 3. The number of nitrogens with zero attached hydrogens (tertiary/aromatic N) is 1. The first-order valence-electron chi connectivity index (χ1n) is 10.2. The molecule has 0 saturated carbocycles. The molecule has 0 aromatic heterocycles. The summed E-state index contributed by atoms with van der Waals surface area (Å²) < 4.78 is 34.0. The average molecular weight is 427 g/mol. The normalized spacial score (nSPS) is 14.1. The minimum atomic E-state index is -3.61. The van der Waals surface area contributed by atoms with Gasteiger partial charge in [-0.15, -0.1) is 0 Å². The zero-order valence-electron chi connectivity index (χ0n) is 18.9. The van der Waals surface area contributed by atoms with Crippen molar-refractivity contribution in [2.45, 2.75) is 71.0 Å². The Kier molecular flexibility index (Phi) is 10.1. The monoisotopic (exact) mass is 426 g/mol. The fourth-order valence-electron chi connectivity index (χ4n) is 2.93. The zero-order chi connectivity index (χ0) is 22.1. The third kappa shape index (κ3) is 9.14. The van der Waals surface area contributed by atoms with Crippen LogP contribution < -0.4 is 15.4 Å². The average Bonchev–Trinajstić information content (AvgIpc) is 2.61. The van der Waals surface area contributed by atoms with Gasteiger partial charge in [0.15, 0.2) is 5.96 Å². The largest absolute Gasteiger partial charge is 0.378 e. The molecular formula is C21H38N4O3S. The second-order valence-corrected chi connectivity index (χ2v) is 9.99. The highest BCUT2D eigenvalue weighted by Crippen LogP contribution is 2.17. The molecule has 29 heavy (non-hydrogen) atoms. The van der Waals surface area contributed by atoms with E-state index in [2.05, 4.69) is 34.2 Å². The second kappa shape index (κ2) is 11.5. The second-order valence-electron chi connectivity index (χ2n) is 8.34. The van der Waals surface area contributed by atoms with Gasteiger partial charge >= 0.3 is 0 Å². The molecule has 0 spiro atoms. The molecule has 0 saturated heterocycles. The quantitative estimate of drug-likeness (QED) is 0.395. The van der Waals surface area contributed by atoms with E-state index >= 15 is 0 Å². The Bertz CT molecular complexity index is 755. The van der Waals surface area contributed by atoms with Crippen molar-refractivity contribution in [1.82, 2.24) is 15.4 Å². The summed E-state index contributed by atoms with van der Waals surface area (Å²) in [5, 5.41) is 6.48. The van der Waals surface area contributed by atoms with E-state index in [1.807, 2.05) is 33.8 Å². The van der Waals surface area contributed by atoms with Crippen molar-refractivity contribution in [3.63, 3.8) is 0 Å². The molecule has 8 heteroatoms. The van der Waals surface area contributed by atoms with Crippen molar-refractivity contribution in [3.05, 3.63) is 29.8 Å². The lowest BCUT2D eigenvalue weighted by atomic mass is 10.0. The minimum Gasteiger partial charge on any atom is -0.378 e. The molecule has 0 heterocycles. The van der Waals surface area contributed by atoms with Gasteiger partial charge in [-0.1, -0.05) is 32.0 Å². The van der Waals surface area contributed by atoms with Gasteiger partial charge in [0.1, 0.15) is 0 Å². The lowest BCUT2D eigenvalue weighted by Crippen LogP contribution is -2.41. The predicted molar refractivity (Wildman–Crippen MR) is 120 cm³/mol. The van der Waals surface area contributed by atoms with Crippen LogP contribution in [0, 0.1) is 5.92 Å². The highest BCUT2D eigenvalue weighted by Gasteiger charge is 2.24. The number of nitrogens with one attached hydrogen (secondary N) is 3. The van der Waals surface area contributed by atoms with Crippen LogP contribution in [0.1, 0.15) is 53.5 Å². The Morgan fingerprint density at radius 2 is 1.83 bits per heavy atom. The first-order valence-corrected chi connectivity index (χ1v) is 11.7. The van der Waals surface area contributed by atoms with Crippen molar-refractivity contribution in [1.29, 1.82) is 0 Å². The molecule has 0 aliphatic rings. The van der Waals surface area contributed by atoms with E-state index in [1.165, 1.54) is 0 Å². The summed E-state index contributed by atoms with van der Waals surface area (Å²) in [4.78, 5) is 4.50. The van der Waals surface area contributed by atoms with Gasteiger partial charge in [-0.05, 0) is 51.7 Å². The lowest BCUT2D eigenvalue weighted by molar-refractivity contribution is 0.0258. The predicted octanol–water partition coefficient (Wildman–Crippen LogP) is 2.88. The summed E-state index contributed by atoms with van der Waals surface area (Å²) in [6.45, 7) is 13.5. The topological polar surface area (TPSA) is 91.8 Å². The number of guanidine groups is 1. The molecule has 1 aromatic carbocycles. The van der Waals surface area contributed by atoms with E-state index in [-0.39, 0.29) is 11.0 Å². The minimum absolute atomic E-state index is 0.194. The van der Waals surface area contributed by atoms with E-state index in [0.29, 0.717) is 37.1 Å². The third-order valence-corrected chi connectivity index (χ3v) is 6.08. The molecule has 166 valence electrons. The molecule has 1 aromatic rings. The van der Waals surface area contributed by atoms with Crippen LogP contribution in [-0.2, 0) is 21.3 Å². The van der Waals surface area contributed by atoms with Crippen LogP contribution in [0.5, 0.6) is 0 Å². The van der Waals surface area contributed by atoms with Crippen LogP contribution in [-0.4, -0.2) is 46.2 Å². The Hall–Kier alpha value is -1.64. The summed E-state index contributed by atoms with van der Waals surface area (Å²) in [5.74, 6) is 1.07. The molecule has 0 aliphatic heterocycles. The van der Waals surface area contributed by atoms with Crippen LogP contribution in [0.4, 0.5) is 0 Å². The standard InChI is InChI=1S/C21H38N4O3S/c1-8-28-18(16(2)3)13-14-23-20(22-7)24-15-17-11-9-10-12-19(17)29(26,27)25-21(4,5)6/h9-12,16,18,25H,8,13-15H2,1-7H3,(H2,22,23,24). The number of ether oxygens (including phenoxy) is 1. The van der Waals surface area contributed by atoms with Gasteiger partial charge in [0.2, 0.25) is 10.0 Å². The lowest BCUT2D eigenvalue weighted by Gasteiger charge is -2.22. The van der Waals surface area contributed by atoms with Crippen LogP contribution in [0.25, 0.3) is 0 Å². The molecule has 1 rings (SSSR count). The van der Waals surface area contributed by atoms with Crippen molar-refractivity contribution in [3.8, 4) is 0 Å². The number of benzene rings is 1. The van der Waals surface area contributed by atoms with Crippen LogP contribution >= 0.6 is 0 Å². The molecular weight excluding hydrogens is 388 g/mol. The van der Waals surface area contributed by atoms with Crippen LogP contribution in [0.15, 0.2) is 34.2 Å². The van der Waals surface area contributed by atoms with Gasteiger partial charge in [0.05, 0.1) is 11.0 Å². The molecule has 1 unspecified atom stereocenters. The van der Waals surface area contributed by atoms with E-state index in [1.54, 1.807) is 25.2 Å². The molecule has 0 bridgehead atoms. The summed E-state index contributed by atoms with van der Waals surface area (Å²) in [7, 11) is -1.92. The maximum absolute atomic E-state index is 12.8. The fraction of sp³-hybridized carbons (Fsp3) is 0.667. The first-order chi connectivity index (χ1) is 13.5. The van der Waals surface area contributed by atoms with Gasteiger partial charge in [0, 0.05) is 32.3 Å². The summed E-state index contributed by atoms with van der Waals surface area (Å²) in [5.41, 5.74) is 0.131. The van der Waals surface area contributed by atoms with E-state index in [4.69, 9.17) is 4.74 Å². The number of hydrogen-bond acceptors (Lipinski definition) is 4. The van der Waals surface area contributed by atoms with Crippen molar-refractivity contribution in [2.24, 2.45) is 10.9 Å². The Balaban J connectivity index is 2.75. The highest BCUT2D eigenvalue weighted by atomic mass is 32.2.